The van der Waals surface area contributed by atoms with E-state index in [2.05, 4.69) is 15.9 Å². The van der Waals surface area contributed by atoms with Gasteiger partial charge in [0.25, 0.3) is 11.8 Å². The molecule has 0 bridgehead atoms. The van der Waals surface area contributed by atoms with Gasteiger partial charge in [0.05, 0.1) is 30.8 Å². The number of carbonyl (C=O) groups excluding carboxylic acids is 2. The zero-order chi connectivity index (χ0) is 27.9. The van der Waals surface area contributed by atoms with Crippen molar-refractivity contribution in [1.29, 1.82) is 0 Å². The monoisotopic (exact) mass is 634 g/mol. The van der Waals surface area contributed by atoms with E-state index in [4.69, 9.17) is 27.9 Å². The molecule has 1 saturated heterocycles. The molecule has 0 radical (unpaired) electrons. The second kappa shape index (κ2) is 8.87. The molecule has 1 N–H and O–H groups in total. The number of carbonyl (C=O) groups is 2. The SMILES string of the molecule is COc1cccc(C2C3=CCn4c(=O)n(-c5ccccc5)c(=O)n4C3CC3(Cl)C(=O)N(CBr)C(=O)C23Cl)c1O. The van der Waals surface area contributed by atoms with Crippen molar-refractivity contribution in [3.8, 4) is 17.2 Å². The Morgan fingerprint density at radius 2 is 1.74 bits per heavy atom. The van der Waals surface area contributed by atoms with Crippen LogP contribution < -0.4 is 16.1 Å². The van der Waals surface area contributed by atoms with Crippen molar-refractivity contribution >= 4 is 50.9 Å². The first kappa shape index (κ1) is 26.0. The lowest BCUT2D eigenvalue weighted by molar-refractivity contribution is -0.138. The lowest BCUT2D eigenvalue weighted by Crippen LogP contribution is -2.59. The maximum Gasteiger partial charge on any atom is 0.352 e. The van der Waals surface area contributed by atoms with E-state index in [1.165, 1.54) is 22.5 Å². The lowest BCUT2D eigenvalue weighted by atomic mass is 9.64. The summed E-state index contributed by atoms with van der Waals surface area (Å²) in [6.07, 6.45) is 1.47. The highest BCUT2D eigenvalue weighted by molar-refractivity contribution is 9.09. The van der Waals surface area contributed by atoms with Crippen molar-refractivity contribution in [2.45, 2.75) is 34.7 Å². The van der Waals surface area contributed by atoms with Gasteiger partial charge in [-0.25, -0.2) is 23.5 Å². The fourth-order valence-corrected chi connectivity index (χ4v) is 7.49. The van der Waals surface area contributed by atoms with E-state index in [1.807, 2.05) is 0 Å². The number of alkyl halides is 3. The molecule has 2 aliphatic heterocycles. The Labute approximate surface area is 239 Å². The number of likely N-dealkylation sites (tertiary alicyclic amines) is 1. The number of methoxy groups -OCH3 is 1. The van der Waals surface area contributed by atoms with Crippen LogP contribution in [0.15, 0.2) is 69.8 Å². The minimum absolute atomic E-state index is 0.00643. The van der Waals surface area contributed by atoms with E-state index < -0.39 is 44.9 Å². The molecule has 2 amide bonds. The molecule has 1 aliphatic carbocycles. The predicted octanol–water partition coefficient (Wildman–Crippen LogP) is 2.86. The van der Waals surface area contributed by atoms with Crippen LogP contribution in [-0.4, -0.2) is 58.1 Å². The van der Waals surface area contributed by atoms with Crippen LogP contribution in [0.4, 0.5) is 0 Å². The number of rotatable bonds is 4. The number of phenols is 1. The van der Waals surface area contributed by atoms with Crippen LogP contribution in [0.1, 0.15) is 23.9 Å². The third-order valence-electron chi connectivity index (χ3n) is 7.86. The zero-order valence-corrected chi connectivity index (χ0v) is 23.5. The molecule has 4 atom stereocenters. The summed E-state index contributed by atoms with van der Waals surface area (Å²) in [4.78, 5) is 51.5. The van der Waals surface area contributed by atoms with Crippen LogP contribution in [0, 0.1) is 0 Å². The Kier molecular flexibility index (Phi) is 5.91. The van der Waals surface area contributed by atoms with Crippen molar-refractivity contribution in [2.75, 3.05) is 12.6 Å². The maximum atomic E-state index is 13.8. The summed E-state index contributed by atoms with van der Waals surface area (Å²) in [7, 11) is 1.38. The Morgan fingerprint density at radius 1 is 1.03 bits per heavy atom. The Bertz CT molecular complexity index is 1700. The number of allylic oxidation sites excluding steroid dienone is 2. The summed E-state index contributed by atoms with van der Waals surface area (Å²) in [5.74, 6) is -2.75. The maximum absolute atomic E-state index is 13.8. The van der Waals surface area contributed by atoms with Gasteiger partial charge in [0.2, 0.25) is 0 Å². The van der Waals surface area contributed by atoms with Crippen LogP contribution in [0.2, 0.25) is 0 Å². The van der Waals surface area contributed by atoms with Gasteiger partial charge in [-0.15, -0.1) is 23.2 Å². The van der Waals surface area contributed by atoms with Crippen LogP contribution in [0.3, 0.4) is 0 Å². The normalized spacial score (nSPS) is 27.6. The third kappa shape index (κ3) is 3.20. The molecular formula is C26H21BrCl2N4O6. The van der Waals surface area contributed by atoms with Gasteiger partial charge in [-0.1, -0.05) is 52.3 Å². The number of amides is 2. The molecule has 3 aliphatic rings. The van der Waals surface area contributed by atoms with Crippen molar-refractivity contribution < 1.29 is 19.4 Å². The molecule has 3 heterocycles. The molecule has 2 fully saturated rings. The van der Waals surface area contributed by atoms with Gasteiger partial charge in [0.1, 0.15) is 0 Å². The van der Waals surface area contributed by atoms with Gasteiger partial charge in [-0.3, -0.25) is 14.5 Å². The van der Waals surface area contributed by atoms with Crippen LogP contribution in [0.25, 0.3) is 5.69 Å². The number of imide groups is 1. The van der Waals surface area contributed by atoms with Crippen molar-refractivity contribution in [1.82, 2.24) is 18.8 Å². The second-order valence-electron chi connectivity index (χ2n) is 9.59. The highest BCUT2D eigenvalue weighted by atomic mass is 79.9. The number of halogens is 3. The first-order chi connectivity index (χ1) is 18.6. The second-order valence-corrected chi connectivity index (χ2v) is 11.3. The topological polar surface area (TPSA) is 116 Å². The molecule has 2 aromatic carbocycles. The minimum Gasteiger partial charge on any atom is -0.504 e. The number of fused-ring (bicyclic) bond motifs is 4. The highest BCUT2D eigenvalue weighted by Gasteiger charge is 2.75. The quantitative estimate of drug-likeness (QED) is 0.204. The van der Waals surface area contributed by atoms with Crippen molar-refractivity contribution in [3.05, 3.63) is 86.7 Å². The van der Waals surface area contributed by atoms with E-state index in [0.717, 1.165) is 9.47 Å². The van der Waals surface area contributed by atoms with Gasteiger partial charge in [0, 0.05) is 17.9 Å². The van der Waals surface area contributed by atoms with Crippen molar-refractivity contribution in [3.63, 3.8) is 0 Å². The summed E-state index contributed by atoms with van der Waals surface area (Å²) in [5, 5.41) is 11.2. The van der Waals surface area contributed by atoms with E-state index in [1.54, 1.807) is 48.5 Å². The average Bonchev–Trinajstić information content (AvgIpc) is 3.27. The van der Waals surface area contributed by atoms with Gasteiger partial charge < -0.3 is 9.84 Å². The molecule has 6 rings (SSSR count). The Hall–Kier alpha value is -3.28. The number of hydrogen-bond acceptors (Lipinski definition) is 6. The predicted molar refractivity (Wildman–Crippen MR) is 146 cm³/mol. The van der Waals surface area contributed by atoms with Gasteiger partial charge in [-0.2, -0.15) is 0 Å². The summed E-state index contributed by atoms with van der Waals surface area (Å²) in [6, 6.07) is 12.3. The number of ether oxygens (including phenoxy) is 1. The summed E-state index contributed by atoms with van der Waals surface area (Å²) in [5.41, 5.74) is -0.283. The Balaban J connectivity index is 1.64. The van der Waals surface area contributed by atoms with E-state index in [0.29, 0.717) is 11.3 Å². The number of hydrogen-bond donors (Lipinski definition) is 1. The molecule has 1 saturated carbocycles. The molecule has 0 spiro atoms. The minimum atomic E-state index is -2.04. The summed E-state index contributed by atoms with van der Waals surface area (Å²) in [6.45, 7) is -0.00643. The fraction of sp³-hybridized carbons (Fsp3) is 0.308. The van der Waals surface area contributed by atoms with Gasteiger partial charge >= 0.3 is 11.4 Å². The molecular weight excluding hydrogens is 615 g/mol. The number of aromatic nitrogens is 3. The molecule has 10 nitrogen and oxygen atoms in total. The summed E-state index contributed by atoms with van der Waals surface area (Å²) >= 11 is 17.5. The lowest BCUT2D eigenvalue weighted by Gasteiger charge is -2.49. The Morgan fingerprint density at radius 3 is 2.41 bits per heavy atom. The number of para-hydroxylation sites is 2. The molecule has 39 heavy (non-hydrogen) atoms. The number of aromatic hydroxyl groups is 1. The average molecular weight is 636 g/mol. The zero-order valence-electron chi connectivity index (χ0n) is 20.4. The number of nitrogens with zero attached hydrogens (tertiary/aromatic N) is 4. The first-order valence-corrected chi connectivity index (χ1v) is 13.8. The molecule has 1 aromatic heterocycles. The summed E-state index contributed by atoms with van der Waals surface area (Å²) < 4.78 is 8.89. The largest absolute Gasteiger partial charge is 0.504 e. The molecule has 3 aromatic rings. The first-order valence-electron chi connectivity index (χ1n) is 12.0. The van der Waals surface area contributed by atoms with Gasteiger partial charge in [0.15, 0.2) is 21.2 Å². The third-order valence-corrected chi connectivity index (χ3v) is 9.77. The van der Waals surface area contributed by atoms with E-state index in [-0.39, 0.29) is 35.5 Å². The van der Waals surface area contributed by atoms with Crippen LogP contribution >= 0.6 is 39.1 Å². The molecule has 4 unspecified atom stereocenters. The highest BCUT2D eigenvalue weighted by Crippen LogP contribution is 2.64. The smallest absolute Gasteiger partial charge is 0.352 e. The fourth-order valence-electron chi connectivity index (χ4n) is 6.10. The molecule has 202 valence electrons. The van der Waals surface area contributed by atoms with Crippen LogP contribution in [-0.2, 0) is 16.1 Å². The number of phenolic OH excluding ortho intramolecular Hbond substituents is 1. The number of benzene rings is 2. The van der Waals surface area contributed by atoms with E-state index in [9.17, 15) is 24.3 Å². The molecule has 13 heteroatoms. The van der Waals surface area contributed by atoms with E-state index >= 15 is 0 Å². The van der Waals surface area contributed by atoms with Gasteiger partial charge in [-0.05, 0) is 23.8 Å². The van der Waals surface area contributed by atoms with Crippen molar-refractivity contribution in [2.24, 2.45) is 0 Å². The standard InChI is InChI=1S/C26H21BrCl2N4O6/c1-39-18-9-5-8-16(20(18)34)19-15-10-11-31-23(37)32(14-6-3-2-4-7-14)24(38)33(31)17(15)12-25(28)21(35)30(13-27)22(36)26(19,25)29/h2-10,17,19,34H,11-13H2,1H3. The van der Waals surface area contributed by atoms with Crippen LogP contribution in [0.5, 0.6) is 11.5 Å².